The summed E-state index contributed by atoms with van der Waals surface area (Å²) in [5.41, 5.74) is 0. The second-order valence-corrected chi connectivity index (χ2v) is 6.64. The van der Waals surface area contributed by atoms with Gasteiger partial charge in [0.05, 0.1) is 4.83 Å². The van der Waals surface area contributed by atoms with Crippen molar-refractivity contribution in [3.8, 4) is 0 Å². The van der Waals surface area contributed by atoms with Crippen molar-refractivity contribution in [1.82, 2.24) is 4.90 Å². The number of hydrogen-bond acceptors (Lipinski definition) is 2. The van der Waals surface area contributed by atoms with Crippen LogP contribution in [0.4, 0.5) is 0 Å². The lowest BCUT2D eigenvalue weighted by molar-refractivity contribution is -0.132. The van der Waals surface area contributed by atoms with Crippen molar-refractivity contribution in [2.75, 3.05) is 19.3 Å². The fourth-order valence-corrected chi connectivity index (χ4v) is 3.37. The van der Waals surface area contributed by atoms with E-state index in [0.29, 0.717) is 10.7 Å². The van der Waals surface area contributed by atoms with E-state index in [0.717, 1.165) is 25.9 Å². The number of amides is 1. The maximum absolute atomic E-state index is 11.8. The minimum absolute atomic E-state index is 0.0777. The van der Waals surface area contributed by atoms with Crippen molar-refractivity contribution in [3.63, 3.8) is 0 Å². The molecule has 14 heavy (non-hydrogen) atoms. The van der Waals surface area contributed by atoms with Gasteiger partial charge in [-0.1, -0.05) is 15.9 Å². The molecule has 0 aromatic rings. The van der Waals surface area contributed by atoms with Gasteiger partial charge in [-0.05, 0) is 31.9 Å². The maximum atomic E-state index is 11.8. The fourth-order valence-electron chi connectivity index (χ4n) is 1.96. The molecule has 1 atom stereocenters. The molecule has 1 aliphatic carbocycles. The Balaban J connectivity index is 1.93. The van der Waals surface area contributed by atoms with Crippen molar-refractivity contribution in [2.24, 2.45) is 0 Å². The van der Waals surface area contributed by atoms with E-state index in [-0.39, 0.29) is 4.83 Å². The van der Waals surface area contributed by atoms with Crippen LogP contribution in [0.1, 0.15) is 25.7 Å². The van der Waals surface area contributed by atoms with E-state index in [1.807, 2.05) is 16.7 Å². The van der Waals surface area contributed by atoms with Crippen molar-refractivity contribution < 1.29 is 4.79 Å². The molecule has 2 fully saturated rings. The van der Waals surface area contributed by atoms with Crippen LogP contribution in [0.2, 0.25) is 0 Å². The van der Waals surface area contributed by atoms with Gasteiger partial charge < -0.3 is 4.90 Å². The number of halogens is 1. The molecule has 80 valence electrons. The minimum atomic E-state index is 0.0777. The van der Waals surface area contributed by atoms with E-state index in [4.69, 9.17) is 0 Å². The van der Waals surface area contributed by atoms with Gasteiger partial charge in [-0.25, -0.2) is 0 Å². The third kappa shape index (κ3) is 2.11. The van der Waals surface area contributed by atoms with Crippen LogP contribution in [0.3, 0.4) is 0 Å². The van der Waals surface area contributed by atoms with Crippen molar-refractivity contribution in [2.45, 2.75) is 35.3 Å². The number of likely N-dealkylation sites (tertiary alicyclic amines) is 1. The topological polar surface area (TPSA) is 20.3 Å². The molecule has 2 aliphatic rings. The number of alkyl halides is 1. The highest BCUT2D eigenvalue weighted by molar-refractivity contribution is 9.10. The number of thioether (sulfide) groups is 1. The first kappa shape index (κ1) is 10.8. The molecule has 4 heteroatoms. The summed E-state index contributed by atoms with van der Waals surface area (Å²) in [6.07, 6.45) is 6.87. The standard InChI is InChI=1S/C10H16BrNOS/c1-14-10(4-5-10)7-12-6-2-3-8(11)9(12)13/h8H,2-7H2,1H3. The van der Waals surface area contributed by atoms with Gasteiger partial charge >= 0.3 is 0 Å². The highest BCUT2D eigenvalue weighted by Gasteiger charge is 2.45. The van der Waals surface area contributed by atoms with Crippen LogP contribution in [0, 0.1) is 0 Å². The number of hydrogen-bond donors (Lipinski definition) is 0. The largest absolute Gasteiger partial charge is 0.340 e. The molecule has 1 amide bonds. The summed E-state index contributed by atoms with van der Waals surface area (Å²) in [5, 5.41) is 0. The molecule has 1 unspecified atom stereocenters. The van der Waals surface area contributed by atoms with Crippen LogP contribution < -0.4 is 0 Å². The molecule has 0 aromatic heterocycles. The van der Waals surface area contributed by atoms with Gasteiger partial charge in [0.2, 0.25) is 5.91 Å². The van der Waals surface area contributed by atoms with E-state index in [2.05, 4.69) is 22.2 Å². The predicted molar refractivity (Wildman–Crippen MR) is 64.0 cm³/mol. The molecule has 0 bridgehead atoms. The molecule has 1 saturated carbocycles. The summed E-state index contributed by atoms with van der Waals surface area (Å²) in [6, 6.07) is 0. The van der Waals surface area contributed by atoms with Crippen molar-refractivity contribution in [1.29, 1.82) is 0 Å². The Bertz CT molecular complexity index is 242. The Morgan fingerprint density at radius 2 is 2.36 bits per heavy atom. The zero-order valence-electron chi connectivity index (χ0n) is 8.46. The normalized spacial score (nSPS) is 30.6. The smallest absolute Gasteiger partial charge is 0.236 e. The first-order chi connectivity index (χ1) is 6.67. The molecule has 0 N–H and O–H groups in total. The van der Waals surface area contributed by atoms with E-state index in [1.165, 1.54) is 12.8 Å². The highest BCUT2D eigenvalue weighted by atomic mass is 79.9. The number of piperidine rings is 1. The number of rotatable bonds is 3. The Morgan fingerprint density at radius 1 is 1.64 bits per heavy atom. The number of carbonyl (C=O) groups is 1. The third-order valence-electron chi connectivity index (χ3n) is 3.18. The monoisotopic (exact) mass is 277 g/mol. The Labute approximate surface area is 97.9 Å². The molecule has 2 nitrogen and oxygen atoms in total. The molecule has 0 aromatic carbocycles. The van der Waals surface area contributed by atoms with Crippen LogP contribution in [-0.4, -0.2) is 39.7 Å². The molecule has 1 saturated heterocycles. The maximum Gasteiger partial charge on any atom is 0.236 e. The van der Waals surface area contributed by atoms with Crippen molar-refractivity contribution >= 4 is 33.6 Å². The van der Waals surface area contributed by atoms with Crippen LogP contribution in [-0.2, 0) is 4.79 Å². The van der Waals surface area contributed by atoms with Crippen molar-refractivity contribution in [3.05, 3.63) is 0 Å². The summed E-state index contributed by atoms with van der Waals surface area (Å²) < 4.78 is 0.416. The second kappa shape index (κ2) is 4.05. The van der Waals surface area contributed by atoms with Gasteiger partial charge in [-0.3, -0.25) is 4.79 Å². The third-order valence-corrected chi connectivity index (χ3v) is 5.44. The zero-order valence-corrected chi connectivity index (χ0v) is 10.9. The van der Waals surface area contributed by atoms with E-state index in [1.54, 1.807) is 0 Å². The van der Waals surface area contributed by atoms with Gasteiger partial charge in [0.25, 0.3) is 0 Å². The molecule has 0 spiro atoms. The molecule has 0 radical (unpaired) electrons. The van der Waals surface area contributed by atoms with E-state index < -0.39 is 0 Å². The van der Waals surface area contributed by atoms with Crippen LogP contribution in [0.25, 0.3) is 0 Å². The van der Waals surface area contributed by atoms with Gasteiger partial charge in [-0.15, -0.1) is 0 Å². The van der Waals surface area contributed by atoms with E-state index >= 15 is 0 Å². The zero-order chi connectivity index (χ0) is 10.2. The lowest BCUT2D eigenvalue weighted by Crippen LogP contribution is -2.45. The number of carbonyl (C=O) groups excluding carboxylic acids is 1. The Hall–Kier alpha value is 0.300. The Morgan fingerprint density at radius 3 is 2.93 bits per heavy atom. The lowest BCUT2D eigenvalue weighted by atomic mass is 10.1. The SMILES string of the molecule is CSC1(CN2CCCC(Br)C2=O)CC1. The summed E-state index contributed by atoms with van der Waals surface area (Å²) in [5.74, 6) is 0.302. The first-order valence-electron chi connectivity index (χ1n) is 5.15. The van der Waals surface area contributed by atoms with Gasteiger partial charge in [0, 0.05) is 17.8 Å². The summed E-state index contributed by atoms with van der Waals surface area (Å²) in [6.45, 7) is 1.93. The summed E-state index contributed by atoms with van der Waals surface area (Å²) in [7, 11) is 0. The highest BCUT2D eigenvalue weighted by Crippen LogP contribution is 2.48. The number of nitrogens with zero attached hydrogens (tertiary/aromatic N) is 1. The lowest BCUT2D eigenvalue weighted by Gasteiger charge is -2.32. The van der Waals surface area contributed by atoms with E-state index in [9.17, 15) is 4.79 Å². The van der Waals surface area contributed by atoms with Crippen LogP contribution in [0.5, 0.6) is 0 Å². The fraction of sp³-hybridized carbons (Fsp3) is 0.900. The molecular weight excluding hydrogens is 262 g/mol. The molecular formula is C10H16BrNOS. The average molecular weight is 278 g/mol. The quantitative estimate of drug-likeness (QED) is 0.738. The van der Waals surface area contributed by atoms with Crippen LogP contribution in [0.15, 0.2) is 0 Å². The van der Waals surface area contributed by atoms with Crippen LogP contribution >= 0.6 is 27.7 Å². The van der Waals surface area contributed by atoms with Gasteiger partial charge in [-0.2, -0.15) is 11.8 Å². The second-order valence-electron chi connectivity index (χ2n) is 4.26. The molecule has 1 heterocycles. The summed E-state index contributed by atoms with van der Waals surface area (Å²) in [4.78, 5) is 13.9. The predicted octanol–water partition coefficient (Wildman–Crippen LogP) is 2.27. The Kier molecular flexibility index (Phi) is 3.12. The molecule has 2 rings (SSSR count). The minimum Gasteiger partial charge on any atom is -0.340 e. The van der Waals surface area contributed by atoms with Gasteiger partial charge in [0.1, 0.15) is 0 Å². The summed E-state index contributed by atoms with van der Waals surface area (Å²) >= 11 is 5.37. The molecule has 1 aliphatic heterocycles. The first-order valence-corrected chi connectivity index (χ1v) is 7.29. The average Bonchev–Trinajstić information content (AvgIpc) is 2.94. The van der Waals surface area contributed by atoms with Gasteiger partial charge in [0.15, 0.2) is 0 Å².